The monoisotopic (exact) mass is 380 g/mol. The van der Waals surface area contributed by atoms with Gasteiger partial charge >= 0.3 is 0 Å². The van der Waals surface area contributed by atoms with Gasteiger partial charge in [-0.3, -0.25) is 9.82 Å². The molecule has 8 nitrogen and oxygen atoms in total. The first-order valence-corrected chi connectivity index (χ1v) is 8.87. The van der Waals surface area contributed by atoms with Crippen molar-refractivity contribution < 1.29 is 16.8 Å². The molecule has 0 atom stereocenters. The van der Waals surface area contributed by atoms with Gasteiger partial charge in [0, 0.05) is 4.47 Å². The summed E-state index contributed by atoms with van der Waals surface area (Å²) in [5, 5.41) is 10.7. The van der Waals surface area contributed by atoms with Gasteiger partial charge in [0.05, 0.1) is 16.8 Å². The third kappa shape index (κ3) is 3.17. The maximum atomic E-state index is 12.0. The van der Waals surface area contributed by atoms with E-state index >= 15 is 0 Å². The summed E-state index contributed by atoms with van der Waals surface area (Å²) in [7, 11) is -7.67. The molecule has 0 spiro atoms. The summed E-state index contributed by atoms with van der Waals surface area (Å²) in [6.07, 6.45) is 1.30. The summed E-state index contributed by atoms with van der Waals surface area (Å²) in [5.41, 5.74) is 0.173. The van der Waals surface area contributed by atoms with Crippen LogP contribution < -0.4 is 9.86 Å². The summed E-state index contributed by atoms with van der Waals surface area (Å²) in [6, 6.07) is 4.98. The van der Waals surface area contributed by atoms with Crippen molar-refractivity contribution in [1.29, 1.82) is 0 Å². The third-order valence-electron chi connectivity index (χ3n) is 2.28. The van der Waals surface area contributed by atoms with E-state index in [0.717, 1.165) is 0 Å². The Balaban J connectivity index is 2.37. The molecule has 2 rings (SSSR count). The number of H-pyrrole nitrogens is 1. The van der Waals surface area contributed by atoms with Crippen LogP contribution in [0.3, 0.4) is 0 Å². The maximum absolute atomic E-state index is 12.0. The molecule has 0 bridgehead atoms. The smallest absolute Gasteiger partial charge is 0.277 e. The Morgan fingerprint density at radius 1 is 1.20 bits per heavy atom. The van der Waals surface area contributed by atoms with Crippen molar-refractivity contribution in [2.75, 3.05) is 4.72 Å². The van der Waals surface area contributed by atoms with E-state index in [9.17, 15) is 16.8 Å². The number of nitrogens with one attached hydrogen (secondary N) is 2. The second kappa shape index (κ2) is 5.16. The van der Waals surface area contributed by atoms with E-state index < -0.39 is 20.0 Å². The molecule has 0 aliphatic carbocycles. The van der Waals surface area contributed by atoms with Crippen LogP contribution in [0.15, 0.2) is 44.9 Å². The minimum atomic E-state index is -3.85. The van der Waals surface area contributed by atoms with E-state index in [1.54, 1.807) is 0 Å². The van der Waals surface area contributed by atoms with Crippen LogP contribution in [0.2, 0.25) is 0 Å². The Labute approximate surface area is 123 Å². The van der Waals surface area contributed by atoms with Crippen LogP contribution in [0.25, 0.3) is 0 Å². The van der Waals surface area contributed by atoms with E-state index in [0.29, 0.717) is 0 Å². The van der Waals surface area contributed by atoms with Gasteiger partial charge < -0.3 is 0 Å². The molecule has 0 amide bonds. The van der Waals surface area contributed by atoms with Crippen LogP contribution in [-0.4, -0.2) is 27.0 Å². The van der Waals surface area contributed by atoms with Gasteiger partial charge in [0.1, 0.15) is 0 Å². The van der Waals surface area contributed by atoms with Gasteiger partial charge in [0.15, 0.2) is 5.03 Å². The number of hydrogen-bond acceptors (Lipinski definition) is 5. The Kier molecular flexibility index (Phi) is 3.86. The molecule has 0 aliphatic rings. The molecule has 0 saturated carbocycles. The lowest BCUT2D eigenvalue weighted by Gasteiger charge is -2.09. The van der Waals surface area contributed by atoms with Gasteiger partial charge in [-0.15, -0.1) is 0 Å². The van der Waals surface area contributed by atoms with Crippen molar-refractivity contribution in [3.8, 4) is 0 Å². The minimum Gasteiger partial charge on any atom is -0.277 e. The van der Waals surface area contributed by atoms with Crippen LogP contribution in [-0.2, 0) is 20.0 Å². The van der Waals surface area contributed by atoms with Crippen molar-refractivity contribution in [3.63, 3.8) is 0 Å². The molecule has 1 aromatic heterocycles. The van der Waals surface area contributed by atoms with Crippen LogP contribution in [0.4, 0.5) is 5.69 Å². The van der Waals surface area contributed by atoms with Crippen LogP contribution in [0.5, 0.6) is 0 Å². The largest absolute Gasteiger partial charge is 0.278 e. The molecule has 1 heterocycles. The summed E-state index contributed by atoms with van der Waals surface area (Å²) >= 11 is 3.08. The quantitative estimate of drug-likeness (QED) is 0.714. The molecule has 0 fully saturated rings. The molecule has 11 heteroatoms. The molecule has 108 valence electrons. The second-order valence-electron chi connectivity index (χ2n) is 3.71. The highest BCUT2D eigenvalue weighted by molar-refractivity contribution is 9.10. The Morgan fingerprint density at radius 2 is 1.90 bits per heavy atom. The highest BCUT2D eigenvalue weighted by Gasteiger charge is 2.18. The van der Waals surface area contributed by atoms with Gasteiger partial charge in [-0.25, -0.2) is 13.6 Å². The number of aromatic nitrogens is 2. The van der Waals surface area contributed by atoms with Crippen molar-refractivity contribution >= 4 is 41.7 Å². The van der Waals surface area contributed by atoms with E-state index in [1.165, 1.54) is 30.5 Å². The predicted molar refractivity (Wildman–Crippen MR) is 74.9 cm³/mol. The number of primary sulfonamides is 1. The van der Waals surface area contributed by atoms with Crippen LogP contribution in [0, 0.1) is 0 Å². The standard InChI is InChI=1S/C9H9BrN4O4S2/c10-7-5-6(19(11,15)16)1-2-8(7)14-20(17,18)9-3-4-12-13-9/h1-5,14H,(H,12,13)(H2,11,15,16). The number of nitrogens with two attached hydrogens (primary N) is 1. The topological polar surface area (TPSA) is 135 Å². The molecule has 2 aromatic rings. The number of halogens is 1. The number of hydrogen-bond donors (Lipinski definition) is 3. The van der Waals surface area contributed by atoms with Crippen molar-refractivity contribution in [2.24, 2.45) is 5.14 Å². The first-order chi connectivity index (χ1) is 9.20. The average molecular weight is 381 g/mol. The number of anilines is 1. The van der Waals surface area contributed by atoms with Crippen LogP contribution in [0.1, 0.15) is 0 Å². The molecule has 0 aliphatic heterocycles. The number of sulfonamides is 2. The fourth-order valence-electron chi connectivity index (χ4n) is 1.35. The number of aromatic amines is 1. The second-order valence-corrected chi connectivity index (χ2v) is 7.78. The zero-order valence-electron chi connectivity index (χ0n) is 9.74. The number of rotatable bonds is 4. The Morgan fingerprint density at radius 3 is 2.40 bits per heavy atom. The average Bonchev–Trinajstić information content (AvgIpc) is 2.84. The fourth-order valence-corrected chi connectivity index (χ4v) is 3.64. The van der Waals surface area contributed by atoms with Crippen molar-refractivity contribution in [2.45, 2.75) is 9.92 Å². The summed E-state index contributed by atoms with van der Waals surface area (Å²) in [6.45, 7) is 0. The molecule has 0 radical (unpaired) electrons. The van der Waals surface area contributed by atoms with Gasteiger partial charge in [-0.2, -0.15) is 13.5 Å². The minimum absolute atomic E-state index is 0.111. The highest BCUT2D eigenvalue weighted by atomic mass is 79.9. The highest BCUT2D eigenvalue weighted by Crippen LogP contribution is 2.27. The zero-order valence-corrected chi connectivity index (χ0v) is 13.0. The number of nitrogens with zero attached hydrogens (tertiary/aromatic N) is 1. The first kappa shape index (κ1) is 15.0. The lowest BCUT2D eigenvalue weighted by molar-refractivity contribution is 0.596. The van der Waals surface area contributed by atoms with Crippen molar-refractivity contribution in [3.05, 3.63) is 34.9 Å². The van der Waals surface area contributed by atoms with Gasteiger partial charge in [0.2, 0.25) is 10.0 Å². The molecular weight excluding hydrogens is 372 g/mol. The lowest BCUT2D eigenvalue weighted by atomic mass is 10.3. The van der Waals surface area contributed by atoms with E-state index in [2.05, 4.69) is 30.8 Å². The predicted octanol–water partition coefficient (Wildman–Crippen LogP) is 0.620. The van der Waals surface area contributed by atoms with Gasteiger partial charge in [-0.1, -0.05) is 0 Å². The molecule has 4 N–H and O–H groups in total. The SMILES string of the molecule is NS(=O)(=O)c1ccc(NS(=O)(=O)c2ccn[nH]2)c(Br)c1. The third-order valence-corrected chi connectivity index (χ3v) is 5.14. The molecular formula is C9H9BrN4O4S2. The maximum Gasteiger partial charge on any atom is 0.278 e. The number of benzene rings is 1. The van der Waals surface area contributed by atoms with Gasteiger partial charge in [0.25, 0.3) is 10.0 Å². The fraction of sp³-hybridized carbons (Fsp3) is 0. The van der Waals surface area contributed by atoms with Crippen LogP contribution >= 0.6 is 15.9 Å². The summed E-state index contributed by atoms with van der Waals surface area (Å²) in [5.74, 6) is 0. The summed E-state index contributed by atoms with van der Waals surface area (Å²) < 4.78 is 48.8. The molecule has 20 heavy (non-hydrogen) atoms. The van der Waals surface area contributed by atoms with Gasteiger partial charge in [-0.05, 0) is 40.2 Å². The van der Waals surface area contributed by atoms with E-state index in [4.69, 9.17) is 5.14 Å². The molecule has 0 unspecified atom stereocenters. The first-order valence-electron chi connectivity index (χ1n) is 5.05. The van der Waals surface area contributed by atoms with E-state index in [-0.39, 0.29) is 20.1 Å². The molecule has 1 aromatic carbocycles. The summed E-state index contributed by atoms with van der Waals surface area (Å²) in [4.78, 5) is -0.131. The Bertz CT molecular complexity index is 831. The molecule has 0 saturated heterocycles. The zero-order chi connectivity index (χ0) is 15.0. The lowest BCUT2D eigenvalue weighted by Crippen LogP contribution is -2.15. The Hall–Kier alpha value is -1.43. The van der Waals surface area contributed by atoms with Crippen molar-refractivity contribution in [1.82, 2.24) is 10.2 Å². The normalized spacial score (nSPS) is 12.3. The van der Waals surface area contributed by atoms with E-state index in [1.807, 2.05) is 0 Å².